The fourth-order valence-electron chi connectivity index (χ4n) is 3.72. The van der Waals surface area contributed by atoms with Crippen LogP contribution in [0.5, 0.6) is 0 Å². The number of carbonyl (C=O) groups is 2. The zero-order valence-electron chi connectivity index (χ0n) is 19.0. The highest BCUT2D eigenvalue weighted by Gasteiger charge is 2.20. The minimum absolute atomic E-state index is 0.158. The predicted molar refractivity (Wildman–Crippen MR) is 136 cm³/mol. The van der Waals surface area contributed by atoms with Crippen LogP contribution < -0.4 is 11.1 Å². The summed E-state index contributed by atoms with van der Waals surface area (Å²) in [7, 11) is 0. The number of amides is 1. The number of pyridine rings is 1. The first kappa shape index (κ1) is 23.6. The molecule has 0 spiro atoms. The van der Waals surface area contributed by atoms with Gasteiger partial charge in [-0.1, -0.05) is 49.7 Å². The van der Waals surface area contributed by atoms with Gasteiger partial charge in [-0.15, -0.1) is 11.3 Å². The zero-order chi connectivity index (χ0) is 23.9. The molecule has 7 heteroatoms. The Labute approximate surface area is 202 Å². The van der Waals surface area contributed by atoms with Crippen LogP contribution in [0.3, 0.4) is 0 Å². The molecule has 34 heavy (non-hydrogen) atoms. The van der Waals surface area contributed by atoms with Gasteiger partial charge in [-0.3, -0.25) is 9.78 Å². The zero-order valence-corrected chi connectivity index (χ0v) is 19.8. The molecule has 3 N–H and O–H groups in total. The average molecular weight is 474 g/mol. The van der Waals surface area contributed by atoms with Gasteiger partial charge in [0.25, 0.3) is 0 Å². The van der Waals surface area contributed by atoms with Gasteiger partial charge in [-0.05, 0) is 52.8 Å². The first-order chi connectivity index (χ1) is 16.6. The molecule has 4 rings (SSSR count). The summed E-state index contributed by atoms with van der Waals surface area (Å²) >= 11 is 1.48. The fraction of sp³-hybridized carbons (Fsp3) is 0.222. The van der Waals surface area contributed by atoms with Crippen molar-refractivity contribution in [3.8, 4) is 0 Å². The first-order valence-electron chi connectivity index (χ1n) is 11.3. The van der Waals surface area contributed by atoms with E-state index in [2.05, 4.69) is 17.2 Å². The van der Waals surface area contributed by atoms with Gasteiger partial charge < -0.3 is 15.8 Å². The molecule has 2 aromatic carbocycles. The largest absolute Gasteiger partial charge is 0.457 e. The summed E-state index contributed by atoms with van der Waals surface area (Å²) in [5, 5.41) is 4.77. The second kappa shape index (κ2) is 11.0. The molecule has 0 saturated heterocycles. The van der Waals surface area contributed by atoms with E-state index in [0.29, 0.717) is 5.56 Å². The van der Waals surface area contributed by atoms with Crippen LogP contribution in [0, 0.1) is 0 Å². The van der Waals surface area contributed by atoms with E-state index < -0.39 is 5.92 Å². The van der Waals surface area contributed by atoms with E-state index in [1.165, 1.54) is 16.9 Å². The van der Waals surface area contributed by atoms with Crippen molar-refractivity contribution in [3.05, 3.63) is 95.3 Å². The van der Waals surface area contributed by atoms with Crippen molar-refractivity contribution in [3.63, 3.8) is 0 Å². The summed E-state index contributed by atoms with van der Waals surface area (Å²) in [4.78, 5) is 29.3. The van der Waals surface area contributed by atoms with Crippen molar-refractivity contribution in [2.75, 3.05) is 11.9 Å². The molecule has 174 valence electrons. The molecule has 6 nitrogen and oxygen atoms in total. The van der Waals surface area contributed by atoms with Crippen LogP contribution in [0.25, 0.3) is 10.1 Å². The van der Waals surface area contributed by atoms with Gasteiger partial charge in [-0.2, -0.15) is 0 Å². The van der Waals surface area contributed by atoms with Gasteiger partial charge >= 0.3 is 5.97 Å². The van der Waals surface area contributed by atoms with E-state index in [4.69, 9.17) is 10.5 Å². The number of thiophene rings is 1. The number of nitrogens with zero attached hydrogens (tertiary/aromatic N) is 1. The van der Waals surface area contributed by atoms with Crippen molar-refractivity contribution in [2.24, 2.45) is 5.73 Å². The van der Waals surface area contributed by atoms with E-state index in [-0.39, 0.29) is 25.0 Å². The number of esters is 1. The molecule has 1 amide bonds. The van der Waals surface area contributed by atoms with Gasteiger partial charge in [0, 0.05) is 18.9 Å². The molecule has 0 aliphatic heterocycles. The van der Waals surface area contributed by atoms with E-state index in [9.17, 15) is 9.59 Å². The topological polar surface area (TPSA) is 94.3 Å². The predicted octanol–water partition coefficient (Wildman–Crippen LogP) is 5.29. The Balaban J connectivity index is 1.35. The van der Waals surface area contributed by atoms with Gasteiger partial charge in [0.15, 0.2) is 0 Å². The molecule has 2 heterocycles. The highest BCUT2D eigenvalue weighted by Crippen LogP contribution is 2.30. The van der Waals surface area contributed by atoms with Crippen LogP contribution in [-0.4, -0.2) is 23.4 Å². The molecule has 0 aliphatic rings. The van der Waals surface area contributed by atoms with Crippen LogP contribution in [0.1, 0.15) is 46.3 Å². The summed E-state index contributed by atoms with van der Waals surface area (Å²) in [6.45, 7) is 2.46. The molecule has 0 radical (unpaired) electrons. The van der Waals surface area contributed by atoms with Crippen LogP contribution >= 0.6 is 11.3 Å². The molecular weight excluding hydrogens is 446 g/mol. The van der Waals surface area contributed by atoms with Gasteiger partial charge in [0.2, 0.25) is 5.91 Å². The Morgan fingerprint density at radius 2 is 1.79 bits per heavy atom. The quantitative estimate of drug-likeness (QED) is 0.322. The summed E-state index contributed by atoms with van der Waals surface area (Å²) in [6, 6.07) is 18.8. The maximum absolute atomic E-state index is 12.9. The third-order valence-electron chi connectivity index (χ3n) is 5.60. The van der Waals surface area contributed by atoms with Gasteiger partial charge in [0.05, 0.1) is 21.2 Å². The van der Waals surface area contributed by atoms with E-state index in [1.54, 1.807) is 24.5 Å². The number of fused-ring (bicyclic) bond motifs is 1. The number of aromatic nitrogens is 1. The third-order valence-corrected chi connectivity index (χ3v) is 6.60. The highest BCUT2D eigenvalue weighted by molar-refractivity contribution is 7.22. The van der Waals surface area contributed by atoms with Crippen molar-refractivity contribution < 1.29 is 14.3 Å². The molecule has 0 saturated carbocycles. The molecule has 0 fully saturated rings. The van der Waals surface area contributed by atoms with Crippen molar-refractivity contribution >= 4 is 38.3 Å². The number of nitrogens with two attached hydrogens (primary N) is 1. The lowest BCUT2D eigenvalue weighted by Crippen LogP contribution is -2.27. The monoisotopic (exact) mass is 473 g/mol. The lowest BCUT2D eigenvalue weighted by molar-refractivity contribution is -0.117. The second-order valence-electron chi connectivity index (χ2n) is 8.07. The number of carbonyl (C=O) groups excluding carboxylic acids is 2. The second-order valence-corrected chi connectivity index (χ2v) is 9.15. The Bertz CT molecular complexity index is 1230. The third kappa shape index (κ3) is 5.68. The Hall–Kier alpha value is -3.55. The Morgan fingerprint density at radius 3 is 2.47 bits per heavy atom. The molecule has 0 bridgehead atoms. The van der Waals surface area contributed by atoms with Crippen molar-refractivity contribution in [1.29, 1.82) is 0 Å². The molecule has 2 aromatic heterocycles. The van der Waals surface area contributed by atoms with Crippen LogP contribution in [0.2, 0.25) is 0 Å². The van der Waals surface area contributed by atoms with Crippen LogP contribution in [-0.2, 0) is 22.6 Å². The van der Waals surface area contributed by atoms with E-state index >= 15 is 0 Å². The normalized spacial score (nSPS) is 11.8. The number of ether oxygens (including phenoxy) is 1. The molecule has 1 atom stereocenters. The van der Waals surface area contributed by atoms with Crippen LogP contribution in [0.4, 0.5) is 5.00 Å². The fourth-order valence-corrected chi connectivity index (χ4v) is 4.66. The number of benzene rings is 2. The minimum atomic E-state index is -0.485. The van der Waals surface area contributed by atoms with Gasteiger partial charge in [-0.25, -0.2) is 4.79 Å². The maximum atomic E-state index is 12.9. The molecule has 0 unspecified atom stereocenters. The number of anilines is 1. The summed E-state index contributed by atoms with van der Waals surface area (Å²) in [5.74, 6) is -1.00. The lowest BCUT2D eigenvalue weighted by Gasteiger charge is -2.15. The summed E-state index contributed by atoms with van der Waals surface area (Å²) in [5.41, 5.74) is 9.32. The van der Waals surface area contributed by atoms with E-state index in [0.717, 1.165) is 39.1 Å². The Kier molecular flexibility index (Phi) is 7.67. The Morgan fingerprint density at radius 1 is 1.06 bits per heavy atom. The molecule has 4 aromatic rings. The summed E-state index contributed by atoms with van der Waals surface area (Å²) < 4.78 is 6.46. The lowest BCUT2D eigenvalue weighted by atomic mass is 9.97. The standard InChI is InChI=1S/C27H27N3O3S/c1-2-3-18-4-10-21(11-5-18)27(32)33-17-19-6-8-20(9-7-19)23(15-28)26(31)30-25-14-22-12-13-29-16-24(22)34-25/h4-14,16,23H,2-3,15,17,28H2,1H3,(H,30,31)/t23-/m1/s1. The van der Waals surface area contributed by atoms with Gasteiger partial charge in [0.1, 0.15) is 6.61 Å². The number of aryl methyl sites for hydroxylation is 1. The highest BCUT2D eigenvalue weighted by atomic mass is 32.1. The number of hydrogen-bond acceptors (Lipinski definition) is 6. The smallest absolute Gasteiger partial charge is 0.338 e. The van der Waals surface area contributed by atoms with Crippen molar-refractivity contribution in [2.45, 2.75) is 32.3 Å². The first-order valence-corrected chi connectivity index (χ1v) is 12.1. The molecule has 0 aliphatic carbocycles. The number of nitrogens with one attached hydrogen (secondary N) is 1. The number of hydrogen-bond donors (Lipinski definition) is 2. The van der Waals surface area contributed by atoms with Crippen LogP contribution in [0.15, 0.2) is 73.1 Å². The SMILES string of the molecule is CCCc1ccc(C(=O)OCc2ccc([C@@H](CN)C(=O)Nc3cc4ccncc4s3)cc2)cc1. The number of rotatable bonds is 9. The van der Waals surface area contributed by atoms with Crippen molar-refractivity contribution in [1.82, 2.24) is 4.98 Å². The minimum Gasteiger partial charge on any atom is -0.457 e. The summed E-state index contributed by atoms with van der Waals surface area (Å²) in [6.07, 6.45) is 5.56. The molecular formula is C27H27N3O3S. The van der Waals surface area contributed by atoms with E-state index in [1.807, 2.05) is 48.5 Å². The maximum Gasteiger partial charge on any atom is 0.338 e. The average Bonchev–Trinajstić information content (AvgIpc) is 3.26.